The quantitative estimate of drug-likeness (QED) is 0.694. The van der Waals surface area contributed by atoms with Crippen LogP contribution in [-0.4, -0.2) is 16.7 Å². The van der Waals surface area contributed by atoms with Gasteiger partial charge in [0, 0.05) is 6.07 Å². The average Bonchev–Trinajstić information content (AvgIpc) is 2.64. The number of carbonyl (C=O) groups is 1. The monoisotopic (exact) mass is 368 g/mol. The third kappa shape index (κ3) is 3.95. The number of benzene rings is 2. The summed E-state index contributed by atoms with van der Waals surface area (Å²) >= 11 is 0. The van der Waals surface area contributed by atoms with Crippen molar-refractivity contribution in [1.82, 2.24) is 0 Å². The lowest BCUT2D eigenvalue weighted by Gasteiger charge is -2.21. The Hall–Kier alpha value is -3.28. The van der Waals surface area contributed by atoms with E-state index in [9.17, 15) is 9.59 Å². The summed E-state index contributed by atoms with van der Waals surface area (Å²) in [6, 6.07) is 12.0. The van der Waals surface area contributed by atoms with Crippen molar-refractivity contribution in [2.75, 3.05) is 0 Å². The number of carboxylic acids is 1. The van der Waals surface area contributed by atoms with Gasteiger partial charge in [0.1, 0.15) is 23.3 Å². The Morgan fingerprint density at radius 3 is 2.41 bits per heavy atom. The lowest BCUT2D eigenvalue weighted by molar-refractivity contribution is -0.152. The van der Waals surface area contributed by atoms with Crippen LogP contribution in [0.25, 0.3) is 11.0 Å². The first-order valence-electron chi connectivity index (χ1n) is 8.55. The van der Waals surface area contributed by atoms with Crippen LogP contribution in [0.3, 0.4) is 0 Å². The Labute approximate surface area is 156 Å². The zero-order valence-corrected chi connectivity index (χ0v) is 15.3. The van der Waals surface area contributed by atoms with Gasteiger partial charge in [-0.05, 0) is 50.1 Å². The molecule has 0 fully saturated rings. The molecule has 0 unspecified atom stereocenters. The van der Waals surface area contributed by atoms with Crippen molar-refractivity contribution in [1.29, 1.82) is 0 Å². The summed E-state index contributed by atoms with van der Waals surface area (Å²) in [5.41, 5.74) is -0.265. The Balaban J connectivity index is 1.90. The fourth-order valence-corrected chi connectivity index (χ4v) is 2.48. The highest BCUT2D eigenvalue weighted by Gasteiger charge is 2.29. The molecule has 0 aliphatic heterocycles. The molecule has 3 aromatic rings. The number of hydrogen-bond donors (Lipinski definition) is 1. The van der Waals surface area contributed by atoms with Crippen molar-refractivity contribution in [3.8, 4) is 17.2 Å². The van der Waals surface area contributed by atoms with Gasteiger partial charge in [-0.15, -0.1) is 0 Å². The first-order valence-corrected chi connectivity index (χ1v) is 8.55. The van der Waals surface area contributed by atoms with Crippen LogP contribution < -0.4 is 14.9 Å². The maximum absolute atomic E-state index is 12.6. The summed E-state index contributed by atoms with van der Waals surface area (Å²) in [5, 5.41) is 9.47. The van der Waals surface area contributed by atoms with E-state index in [1.165, 1.54) is 43.9 Å². The minimum absolute atomic E-state index is 0.0753. The molecule has 0 saturated heterocycles. The van der Waals surface area contributed by atoms with E-state index in [-0.39, 0.29) is 16.8 Å². The van der Waals surface area contributed by atoms with Crippen LogP contribution in [-0.2, 0) is 11.2 Å². The van der Waals surface area contributed by atoms with Gasteiger partial charge in [0.2, 0.25) is 11.2 Å². The molecular weight excluding hydrogens is 348 g/mol. The highest BCUT2D eigenvalue weighted by molar-refractivity contribution is 5.80. The number of rotatable bonds is 6. The predicted octanol–water partition coefficient (Wildman–Crippen LogP) is 4.39. The Morgan fingerprint density at radius 1 is 1.11 bits per heavy atom. The molecule has 0 aliphatic carbocycles. The number of aliphatic carboxylic acids is 1. The Kier molecular flexibility index (Phi) is 4.90. The molecule has 1 aromatic heterocycles. The first kappa shape index (κ1) is 18.5. The second-order valence-corrected chi connectivity index (χ2v) is 6.60. The largest absolute Gasteiger partial charge is 0.478 e. The third-order valence-electron chi connectivity index (χ3n) is 4.16. The topological polar surface area (TPSA) is 86.0 Å². The molecule has 0 bridgehead atoms. The summed E-state index contributed by atoms with van der Waals surface area (Å²) in [6.45, 7) is 4.94. The van der Waals surface area contributed by atoms with Gasteiger partial charge in [-0.25, -0.2) is 4.79 Å². The second kappa shape index (κ2) is 7.15. The van der Waals surface area contributed by atoms with Crippen LogP contribution in [0.5, 0.6) is 17.2 Å². The van der Waals surface area contributed by atoms with Gasteiger partial charge < -0.3 is 19.0 Å². The van der Waals surface area contributed by atoms with Crippen molar-refractivity contribution >= 4 is 16.9 Å². The van der Waals surface area contributed by atoms with E-state index in [0.717, 1.165) is 6.42 Å². The van der Waals surface area contributed by atoms with E-state index in [2.05, 4.69) is 6.92 Å². The Bertz CT molecular complexity index is 1030. The van der Waals surface area contributed by atoms with Gasteiger partial charge in [-0.2, -0.15) is 0 Å². The number of hydrogen-bond acceptors (Lipinski definition) is 5. The van der Waals surface area contributed by atoms with Gasteiger partial charge in [0.05, 0.1) is 5.39 Å². The van der Waals surface area contributed by atoms with E-state index >= 15 is 0 Å². The van der Waals surface area contributed by atoms with Crippen molar-refractivity contribution < 1.29 is 23.8 Å². The van der Waals surface area contributed by atoms with Gasteiger partial charge in [-0.3, -0.25) is 4.79 Å². The number of fused-ring (bicyclic) bond motifs is 1. The number of aryl methyl sites for hydroxylation is 1. The molecule has 140 valence electrons. The first-order chi connectivity index (χ1) is 12.8. The number of ether oxygens (including phenoxy) is 2. The van der Waals surface area contributed by atoms with E-state index in [4.69, 9.17) is 19.0 Å². The van der Waals surface area contributed by atoms with E-state index in [0.29, 0.717) is 16.9 Å². The van der Waals surface area contributed by atoms with Crippen molar-refractivity contribution in [2.45, 2.75) is 32.8 Å². The van der Waals surface area contributed by atoms with Crippen molar-refractivity contribution in [3.63, 3.8) is 0 Å². The fraction of sp³-hybridized carbons (Fsp3) is 0.238. The summed E-state index contributed by atoms with van der Waals surface area (Å²) in [5.74, 6) is -0.183. The minimum Gasteiger partial charge on any atom is -0.478 e. The molecule has 1 heterocycles. The zero-order chi connectivity index (χ0) is 19.6. The normalized spacial score (nSPS) is 11.4. The molecule has 0 atom stereocenters. The predicted molar refractivity (Wildman–Crippen MR) is 101 cm³/mol. The fourth-order valence-electron chi connectivity index (χ4n) is 2.48. The van der Waals surface area contributed by atoms with Crippen molar-refractivity contribution in [2.24, 2.45) is 0 Å². The lowest BCUT2D eigenvalue weighted by Crippen LogP contribution is -2.37. The molecule has 0 saturated carbocycles. The highest BCUT2D eigenvalue weighted by Crippen LogP contribution is 2.26. The molecule has 6 heteroatoms. The van der Waals surface area contributed by atoms with E-state index in [1.54, 1.807) is 12.1 Å². The maximum Gasteiger partial charge on any atom is 0.347 e. The summed E-state index contributed by atoms with van der Waals surface area (Å²) < 4.78 is 16.6. The van der Waals surface area contributed by atoms with Crippen LogP contribution in [0.1, 0.15) is 26.3 Å². The highest BCUT2D eigenvalue weighted by atomic mass is 16.5. The molecule has 6 nitrogen and oxygen atoms in total. The van der Waals surface area contributed by atoms with Crippen molar-refractivity contribution in [3.05, 3.63) is 64.5 Å². The molecule has 0 radical (unpaired) electrons. The maximum atomic E-state index is 12.6. The van der Waals surface area contributed by atoms with Gasteiger partial charge in [-0.1, -0.05) is 19.1 Å². The summed E-state index contributed by atoms with van der Waals surface area (Å²) in [4.78, 5) is 23.8. The summed E-state index contributed by atoms with van der Waals surface area (Å²) in [6.07, 6.45) is 2.16. The molecule has 0 aliphatic rings. The smallest absolute Gasteiger partial charge is 0.347 e. The molecule has 2 aromatic carbocycles. The number of carboxylic acid groups (broad SMARTS) is 1. The molecule has 1 N–H and O–H groups in total. The minimum atomic E-state index is -1.40. The van der Waals surface area contributed by atoms with Crippen LogP contribution >= 0.6 is 0 Å². The molecule has 0 spiro atoms. The molecule has 0 amide bonds. The zero-order valence-electron chi connectivity index (χ0n) is 15.3. The molecule has 3 rings (SSSR count). The van der Waals surface area contributed by atoms with Crippen LogP contribution in [0, 0.1) is 0 Å². The van der Waals surface area contributed by atoms with Crippen LogP contribution in [0.4, 0.5) is 0 Å². The molecular formula is C21H20O6. The average molecular weight is 368 g/mol. The molecule has 27 heavy (non-hydrogen) atoms. The standard InChI is InChI=1S/C21H20O6/c1-4-13-5-7-14(8-6-13)26-18-12-25-17-11-15(9-10-16(17)19(18)22)27-21(2,3)20(23)24/h5-12H,4H2,1-3H3,(H,23,24). The van der Waals surface area contributed by atoms with Gasteiger partial charge >= 0.3 is 5.97 Å². The summed E-state index contributed by atoms with van der Waals surface area (Å²) in [7, 11) is 0. The van der Waals surface area contributed by atoms with E-state index < -0.39 is 11.6 Å². The van der Waals surface area contributed by atoms with Gasteiger partial charge in [0.15, 0.2) is 5.60 Å². The van der Waals surface area contributed by atoms with E-state index in [1.807, 2.05) is 12.1 Å². The van der Waals surface area contributed by atoms with Crippen LogP contribution in [0.2, 0.25) is 0 Å². The SMILES string of the molecule is CCc1ccc(Oc2coc3cc(OC(C)(C)C(=O)O)ccc3c2=O)cc1. The lowest BCUT2D eigenvalue weighted by atomic mass is 10.1. The van der Waals surface area contributed by atoms with Gasteiger partial charge in [0.25, 0.3) is 0 Å². The van der Waals surface area contributed by atoms with Crippen LogP contribution in [0.15, 0.2) is 57.9 Å². The third-order valence-corrected chi connectivity index (χ3v) is 4.16. The Morgan fingerprint density at radius 2 is 1.78 bits per heavy atom. The second-order valence-electron chi connectivity index (χ2n) is 6.60.